The van der Waals surface area contributed by atoms with E-state index < -0.39 is 0 Å². The highest BCUT2D eigenvalue weighted by molar-refractivity contribution is 7.99. The molecule has 0 aromatic carbocycles. The van der Waals surface area contributed by atoms with Gasteiger partial charge in [-0.15, -0.1) is 0 Å². The van der Waals surface area contributed by atoms with E-state index in [9.17, 15) is 9.59 Å². The van der Waals surface area contributed by atoms with Gasteiger partial charge in [-0.3, -0.25) is 19.1 Å². The molecule has 1 amide bonds. The summed E-state index contributed by atoms with van der Waals surface area (Å²) < 4.78 is 1.59. The molecule has 0 saturated heterocycles. The molecule has 1 atom stereocenters. The van der Waals surface area contributed by atoms with Gasteiger partial charge in [0, 0.05) is 30.6 Å². The van der Waals surface area contributed by atoms with Crippen molar-refractivity contribution in [3.8, 4) is 0 Å². The lowest BCUT2D eigenvalue weighted by molar-refractivity contribution is -0.116. The summed E-state index contributed by atoms with van der Waals surface area (Å²) in [7, 11) is 0. The molecule has 2 aromatic rings. The Bertz CT molecular complexity index is 686. The van der Waals surface area contributed by atoms with Crippen LogP contribution in [0, 0.1) is 0 Å². The van der Waals surface area contributed by atoms with Gasteiger partial charge in [0.1, 0.15) is 0 Å². The Balaban J connectivity index is 1.72. The first-order valence-corrected chi connectivity index (χ1v) is 7.13. The van der Waals surface area contributed by atoms with Gasteiger partial charge in [0.2, 0.25) is 5.91 Å². The molecule has 2 aromatic heterocycles. The summed E-state index contributed by atoms with van der Waals surface area (Å²) >= 11 is 1.50. The number of anilines is 1. The first-order chi connectivity index (χ1) is 9.74. The van der Waals surface area contributed by atoms with Crippen molar-refractivity contribution in [3.63, 3.8) is 0 Å². The Kier molecular flexibility index (Phi) is 3.51. The van der Waals surface area contributed by atoms with Crippen molar-refractivity contribution < 1.29 is 4.79 Å². The van der Waals surface area contributed by atoms with E-state index in [2.05, 4.69) is 15.3 Å². The maximum atomic E-state index is 12.0. The number of nitrogens with zero attached hydrogens (tertiary/aromatic N) is 3. The Morgan fingerprint density at radius 2 is 2.35 bits per heavy atom. The monoisotopic (exact) mass is 288 g/mol. The van der Waals surface area contributed by atoms with Gasteiger partial charge in [-0.2, -0.15) is 0 Å². The third-order valence-corrected chi connectivity index (χ3v) is 4.09. The van der Waals surface area contributed by atoms with Crippen molar-refractivity contribution in [1.29, 1.82) is 0 Å². The van der Waals surface area contributed by atoms with E-state index in [0.717, 1.165) is 0 Å². The van der Waals surface area contributed by atoms with Crippen LogP contribution in [0.2, 0.25) is 0 Å². The summed E-state index contributed by atoms with van der Waals surface area (Å²) in [6.45, 7) is 0. The van der Waals surface area contributed by atoms with Gasteiger partial charge in [0.25, 0.3) is 5.56 Å². The number of aromatic nitrogens is 3. The zero-order chi connectivity index (χ0) is 13.9. The van der Waals surface area contributed by atoms with E-state index in [-0.39, 0.29) is 23.9 Å². The SMILES string of the molecule is O=C(CC1CSc2nccc(=O)n21)Nc1cccnc1. The van der Waals surface area contributed by atoms with Crippen molar-refractivity contribution in [2.45, 2.75) is 17.6 Å². The Morgan fingerprint density at radius 1 is 1.45 bits per heavy atom. The quantitative estimate of drug-likeness (QED) is 0.862. The Morgan fingerprint density at radius 3 is 3.15 bits per heavy atom. The molecule has 7 heteroatoms. The van der Waals surface area contributed by atoms with Gasteiger partial charge in [-0.1, -0.05) is 11.8 Å². The highest BCUT2D eigenvalue weighted by Crippen LogP contribution is 2.31. The van der Waals surface area contributed by atoms with Gasteiger partial charge in [-0.05, 0) is 12.1 Å². The van der Waals surface area contributed by atoms with Gasteiger partial charge in [0.05, 0.1) is 17.9 Å². The van der Waals surface area contributed by atoms with Crippen LogP contribution in [0.25, 0.3) is 0 Å². The lowest BCUT2D eigenvalue weighted by atomic mass is 10.2. The fraction of sp³-hybridized carbons (Fsp3) is 0.231. The molecular weight excluding hydrogens is 276 g/mol. The summed E-state index contributed by atoms with van der Waals surface area (Å²) in [5, 5.41) is 3.45. The lowest BCUT2D eigenvalue weighted by Crippen LogP contribution is -2.26. The molecule has 0 saturated carbocycles. The number of carbonyl (C=O) groups excluding carboxylic acids is 1. The molecule has 3 rings (SSSR count). The second-order valence-corrected chi connectivity index (χ2v) is 5.38. The topological polar surface area (TPSA) is 76.9 Å². The van der Waals surface area contributed by atoms with Crippen LogP contribution < -0.4 is 10.9 Å². The number of nitrogens with one attached hydrogen (secondary N) is 1. The fourth-order valence-corrected chi connectivity index (χ4v) is 3.22. The maximum absolute atomic E-state index is 12.0. The molecule has 0 spiro atoms. The molecule has 1 aliphatic heterocycles. The van der Waals surface area contributed by atoms with Crippen molar-refractivity contribution in [2.24, 2.45) is 0 Å². The molecule has 0 aliphatic carbocycles. The van der Waals surface area contributed by atoms with Crippen LogP contribution in [-0.4, -0.2) is 26.2 Å². The molecule has 0 fully saturated rings. The van der Waals surface area contributed by atoms with Crippen molar-refractivity contribution in [2.75, 3.05) is 11.1 Å². The van der Waals surface area contributed by atoms with Crippen LogP contribution in [0.5, 0.6) is 0 Å². The molecule has 0 bridgehead atoms. The van der Waals surface area contributed by atoms with Crippen LogP contribution in [0.3, 0.4) is 0 Å². The van der Waals surface area contributed by atoms with Crippen LogP contribution in [0.4, 0.5) is 5.69 Å². The number of pyridine rings is 1. The second-order valence-electron chi connectivity index (χ2n) is 4.39. The van der Waals surface area contributed by atoms with Crippen molar-refractivity contribution in [1.82, 2.24) is 14.5 Å². The smallest absolute Gasteiger partial charge is 0.254 e. The highest BCUT2D eigenvalue weighted by Gasteiger charge is 2.26. The molecular formula is C13H12N4O2S. The van der Waals surface area contributed by atoms with Gasteiger partial charge in [-0.25, -0.2) is 4.98 Å². The van der Waals surface area contributed by atoms with Crippen LogP contribution in [0.1, 0.15) is 12.5 Å². The van der Waals surface area contributed by atoms with Gasteiger partial charge in [0.15, 0.2) is 5.16 Å². The predicted molar refractivity (Wildman–Crippen MR) is 75.7 cm³/mol. The zero-order valence-electron chi connectivity index (χ0n) is 10.5. The van der Waals surface area contributed by atoms with Gasteiger partial charge < -0.3 is 5.32 Å². The Hall–Kier alpha value is -2.15. The lowest BCUT2D eigenvalue weighted by Gasteiger charge is -2.12. The van der Waals surface area contributed by atoms with E-state index in [1.165, 1.54) is 24.0 Å². The van der Waals surface area contributed by atoms with E-state index in [4.69, 9.17) is 0 Å². The van der Waals surface area contributed by atoms with Crippen molar-refractivity contribution in [3.05, 3.63) is 47.1 Å². The molecule has 102 valence electrons. The summed E-state index contributed by atoms with van der Waals surface area (Å²) in [6, 6.07) is 4.80. The largest absolute Gasteiger partial charge is 0.325 e. The maximum Gasteiger partial charge on any atom is 0.254 e. The molecule has 1 aliphatic rings. The number of rotatable bonds is 3. The van der Waals surface area contributed by atoms with Crippen LogP contribution in [-0.2, 0) is 4.79 Å². The molecule has 3 heterocycles. The summed E-state index contributed by atoms with van der Waals surface area (Å²) in [6.07, 6.45) is 4.98. The first-order valence-electron chi connectivity index (χ1n) is 6.14. The molecule has 6 nitrogen and oxygen atoms in total. The standard InChI is InChI=1S/C13H12N4O2S/c18-11(16-9-2-1-4-14-7-9)6-10-8-20-13-15-5-3-12(19)17(10)13/h1-5,7,10H,6,8H2,(H,16,18). The van der Waals surface area contributed by atoms with Crippen molar-refractivity contribution >= 4 is 23.4 Å². The number of thioether (sulfide) groups is 1. The molecule has 1 N–H and O–H groups in total. The number of carbonyl (C=O) groups is 1. The average molecular weight is 288 g/mol. The zero-order valence-corrected chi connectivity index (χ0v) is 11.3. The number of amides is 1. The summed E-state index contributed by atoms with van der Waals surface area (Å²) in [4.78, 5) is 31.9. The fourth-order valence-electron chi connectivity index (χ4n) is 2.10. The van der Waals surface area contributed by atoms with Gasteiger partial charge >= 0.3 is 0 Å². The van der Waals surface area contributed by atoms with E-state index in [1.54, 1.807) is 29.1 Å². The third-order valence-electron chi connectivity index (χ3n) is 2.98. The minimum Gasteiger partial charge on any atom is -0.325 e. The molecule has 0 radical (unpaired) electrons. The van der Waals surface area contributed by atoms with Crippen LogP contribution in [0.15, 0.2) is 46.7 Å². The Labute approximate surface area is 119 Å². The average Bonchev–Trinajstić information content (AvgIpc) is 2.84. The number of fused-ring (bicyclic) bond motifs is 1. The van der Waals surface area contributed by atoms with Crippen LogP contribution >= 0.6 is 11.8 Å². The molecule has 1 unspecified atom stereocenters. The minimum atomic E-state index is -0.145. The number of hydrogen-bond acceptors (Lipinski definition) is 5. The summed E-state index contributed by atoms with van der Waals surface area (Å²) in [5.41, 5.74) is 0.543. The number of hydrogen-bond donors (Lipinski definition) is 1. The van der Waals surface area contributed by atoms with E-state index in [1.807, 2.05) is 0 Å². The molecule has 20 heavy (non-hydrogen) atoms. The minimum absolute atomic E-state index is 0.112. The second kappa shape index (κ2) is 5.46. The normalized spacial score (nSPS) is 16.7. The summed E-state index contributed by atoms with van der Waals surface area (Å²) in [5.74, 6) is 0.555. The van der Waals surface area contributed by atoms with E-state index >= 15 is 0 Å². The third kappa shape index (κ3) is 2.57. The predicted octanol–water partition coefficient (Wildman–Crippen LogP) is 1.31. The highest BCUT2D eigenvalue weighted by atomic mass is 32.2. The first kappa shape index (κ1) is 12.9. The van der Waals surface area contributed by atoms with E-state index in [0.29, 0.717) is 16.6 Å².